The zero-order valence-electron chi connectivity index (χ0n) is 17.8. The van der Waals surface area contributed by atoms with Crippen LogP contribution in [0.3, 0.4) is 0 Å². The Morgan fingerprint density at radius 1 is 0.871 bits per heavy atom. The summed E-state index contributed by atoms with van der Waals surface area (Å²) in [5.74, 6) is -1.77. The lowest BCUT2D eigenvalue weighted by atomic mass is 10.0. The number of hydrogen-bond acceptors (Lipinski definition) is 5. The molecule has 8 nitrogen and oxygen atoms in total. The second-order valence-electron chi connectivity index (χ2n) is 8.16. The first kappa shape index (κ1) is 23.7. The number of phenols is 1. The smallest absolute Gasteiger partial charge is 0.408 e. The predicted molar refractivity (Wildman–Crippen MR) is 115 cm³/mol. The van der Waals surface area contributed by atoms with Crippen molar-refractivity contribution in [2.45, 2.75) is 51.3 Å². The molecule has 2 aromatic rings. The summed E-state index contributed by atoms with van der Waals surface area (Å²) in [5.41, 5.74) is 0.662. The average Bonchev–Trinajstić information content (AvgIpc) is 2.68. The summed E-state index contributed by atoms with van der Waals surface area (Å²) in [7, 11) is 0. The molecule has 0 saturated heterocycles. The largest absolute Gasteiger partial charge is 0.508 e. The maximum absolute atomic E-state index is 12.9. The summed E-state index contributed by atoms with van der Waals surface area (Å²) >= 11 is 0. The van der Waals surface area contributed by atoms with Crippen molar-refractivity contribution in [1.82, 2.24) is 10.6 Å². The topological polar surface area (TPSA) is 125 Å². The third kappa shape index (κ3) is 8.38. The first-order chi connectivity index (χ1) is 14.5. The molecule has 2 aromatic carbocycles. The van der Waals surface area contributed by atoms with Gasteiger partial charge in [0.25, 0.3) is 0 Å². The Morgan fingerprint density at radius 2 is 1.42 bits per heavy atom. The number of carboxylic acids is 1. The van der Waals surface area contributed by atoms with Crippen molar-refractivity contribution in [2.75, 3.05) is 0 Å². The number of benzene rings is 2. The van der Waals surface area contributed by atoms with Crippen LogP contribution in [0.5, 0.6) is 5.75 Å². The first-order valence-corrected chi connectivity index (χ1v) is 9.88. The fraction of sp³-hybridized carbons (Fsp3) is 0.348. The fourth-order valence-electron chi connectivity index (χ4n) is 2.85. The zero-order chi connectivity index (χ0) is 23.0. The Morgan fingerprint density at radius 3 is 1.97 bits per heavy atom. The van der Waals surface area contributed by atoms with Gasteiger partial charge in [0.2, 0.25) is 5.91 Å². The third-order valence-corrected chi connectivity index (χ3v) is 4.28. The predicted octanol–water partition coefficient (Wildman–Crippen LogP) is 2.64. The molecule has 8 heteroatoms. The van der Waals surface area contributed by atoms with Crippen LogP contribution in [0, 0.1) is 0 Å². The number of aliphatic carboxylic acids is 1. The van der Waals surface area contributed by atoms with E-state index in [-0.39, 0.29) is 18.6 Å². The van der Waals surface area contributed by atoms with Gasteiger partial charge in [-0.05, 0) is 44.0 Å². The lowest BCUT2D eigenvalue weighted by Crippen LogP contribution is -2.53. The molecule has 0 aliphatic rings. The number of ether oxygens (including phenoxy) is 1. The summed E-state index contributed by atoms with van der Waals surface area (Å²) < 4.78 is 5.24. The van der Waals surface area contributed by atoms with E-state index in [2.05, 4.69) is 10.6 Å². The molecule has 4 N–H and O–H groups in total. The molecule has 2 rings (SSSR count). The number of alkyl carbamates (subject to hydrolysis) is 1. The molecule has 0 fully saturated rings. The molecule has 0 aliphatic heterocycles. The van der Waals surface area contributed by atoms with E-state index in [9.17, 15) is 24.6 Å². The average molecular weight is 428 g/mol. The van der Waals surface area contributed by atoms with Crippen molar-refractivity contribution < 1.29 is 29.3 Å². The Kier molecular flexibility index (Phi) is 8.01. The highest BCUT2D eigenvalue weighted by Crippen LogP contribution is 2.13. The summed E-state index contributed by atoms with van der Waals surface area (Å²) in [4.78, 5) is 36.9. The summed E-state index contributed by atoms with van der Waals surface area (Å²) in [6.07, 6.45) is -0.607. The van der Waals surface area contributed by atoms with Gasteiger partial charge in [0.15, 0.2) is 0 Å². The van der Waals surface area contributed by atoms with Gasteiger partial charge in [0.1, 0.15) is 23.4 Å². The lowest BCUT2D eigenvalue weighted by molar-refractivity contribution is -0.142. The van der Waals surface area contributed by atoms with E-state index in [0.717, 1.165) is 5.56 Å². The molecule has 0 spiro atoms. The van der Waals surface area contributed by atoms with Crippen LogP contribution in [0.1, 0.15) is 31.9 Å². The number of phenolic OH excluding ortho intramolecular Hbond substituents is 1. The highest BCUT2D eigenvalue weighted by atomic mass is 16.6. The number of carbonyl (C=O) groups is 3. The Bertz CT molecular complexity index is 891. The molecule has 166 valence electrons. The van der Waals surface area contributed by atoms with Crippen LogP contribution < -0.4 is 10.6 Å². The minimum Gasteiger partial charge on any atom is -0.508 e. The van der Waals surface area contributed by atoms with Crippen LogP contribution >= 0.6 is 0 Å². The van der Waals surface area contributed by atoms with Crippen LogP contribution in [0.15, 0.2) is 54.6 Å². The molecule has 0 heterocycles. The van der Waals surface area contributed by atoms with E-state index in [4.69, 9.17) is 4.74 Å². The second-order valence-corrected chi connectivity index (χ2v) is 8.16. The van der Waals surface area contributed by atoms with Gasteiger partial charge in [-0.25, -0.2) is 9.59 Å². The Hall–Kier alpha value is -3.55. The molecule has 0 aromatic heterocycles. The maximum atomic E-state index is 12.9. The monoisotopic (exact) mass is 428 g/mol. The van der Waals surface area contributed by atoms with E-state index in [0.29, 0.717) is 5.56 Å². The Labute approximate surface area is 181 Å². The van der Waals surface area contributed by atoms with Crippen molar-refractivity contribution in [1.29, 1.82) is 0 Å². The molecule has 2 amide bonds. The van der Waals surface area contributed by atoms with Crippen molar-refractivity contribution in [3.63, 3.8) is 0 Å². The molecule has 2 atom stereocenters. The second kappa shape index (κ2) is 10.5. The SMILES string of the molecule is CC(C)(C)OC(=O)N[C@@H](Cc1ccc(O)cc1)C(=O)N[C@H](Cc1ccccc1)C(=O)O. The fourth-order valence-corrected chi connectivity index (χ4v) is 2.85. The third-order valence-electron chi connectivity index (χ3n) is 4.28. The van der Waals surface area contributed by atoms with Crippen LogP contribution in [0.4, 0.5) is 4.79 Å². The van der Waals surface area contributed by atoms with Crippen LogP contribution in [0.2, 0.25) is 0 Å². The normalized spacial score (nSPS) is 13.0. The molecular weight excluding hydrogens is 400 g/mol. The molecule has 0 radical (unpaired) electrons. The van der Waals surface area contributed by atoms with Crippen molar-refractivity contribution in [3.05, 3.63) is 65.7 Å². The standard InChI is InChI=1S/C23H28N2O6/c1-23(2,3)31-22(30)25-18(13-16-9-11-17(26)12-10-16)20(27)24-19(21(28)29)14-15-7-5-4-6-8-15/h4-12,18-19,26H,13-14H2,1-3H3,(H,24,27)(H,25,30)(H,28,29)/t18-,19+/m0/s1. The highest BCUT2D eigenvalue weighted by molar-refractivity contribution is 5.89. The van der Waals surface area contributed by atoms with E-state index in [1.165, 1.54) is 12.1 Å². The summed E-state index contributed by atoms with van der Waals surface area (Å²) in [6, 6.07) is 12.9. The molecule has 0 unspecified atom stereocenters. The first-order valence-electron chi connectivity index (χ1n) is 9.88. The number of rotatable bonds is 8. The number of amides is 2. The molecule has 0 aliphatic carbocycles. The summed E-state index contributed by atoms with van der Waals surface area (Å²) in [5, 5.41) is 24.0. The number of carboxylic acid groups (broad SMARTS) is 1. The van der Waals surface area contributed by atoms with Gasteiger partial charge < -0.3 is 25.6 Å². The number of nitrogens with one attached hydrogen (secondary N) is 2. The quantitative estimate of drug-likeness (QED) is 0.512. The highest BCUT2D eigenvalue weighted by Gasteiger charge is 2.28. The molecular formula is C23H28N2O6. The molecule has 31 heavy (non-hydrogen) atoms. The van der Waals surface area contributed by atoms with E-state index in [1.807, 2.05) is 6.07 Å². The van der Waals surface area contributed by atoms with Gasteiger partial charge in [-0.15, -0.1) is 0 Å². The number of aromatic hydroxyl groups is 1. The van der Waals surface area contributed by atoms with E-state index in [1.54, 1.807) is 57.2 Å². The van der Waals surface area contributed by atoms with Crippen molar-refractivity contribution in [3.8, 4) is 5.75 Å². The van der Waals surface area contributed by atoms with Crippen LogP contribution in [0.25, 0.3) is 0 Å². The van der Waals surface area contributed by atoms with Gasteiger partial charge >= 0.3 is 12.1 Å². The minimum atomic E-state index is -1.18. The zero-order valence-corrected chi connectivity index (χ0v) is 17.8. The van der Waals surface area contributed by atoms with E-state index < -0.39 is 35.7 Å². The number of carbonyl (C=O) groups excluding carboxylic acids is 2. The van der Waals surface area contributed by atoms with Crippen LogP contribution in [-0.4, -0.2) is 45.9 Å². The Balaban J connectivity index is 2.16. The summed E-state index contributed by atoms with van der Waals surface area (Å²) in [6.45, 7) is 5.09. The van der Waals surface area contributed by atoms with Gasteiger partial charge in [-0.3, -0.25) is 4.79 Å². The van der Waals surface area contributed by atoms with Gasteiger partial charge in [0, 0.05) is 12.8 Å². The maximum Gasteiger partial charge on any atom is 0.408 e. The minimum absolute atomic E-state index is 0.0682. The van der Waals surface area contributed by atoms with E-state index >= 15 is 0 Å². The van der Waals surface area contributed by atoms with Crippen molar-refractivity contribution >= 4 is 18.0 Å². The lowest BCUT2D eigenvalue weighted by Gasteiger charge is -2.24. The van der Waals surface area contributed by atoms with Gasteiger partial charge in [-0.2, -0.15) is 0 Å². The molecule has 0 bridgehead atoms. The molecule has 0 saturated carbocycles. The number of hydrogen-bond donors (Lipinski definition) is 4. The van der Waals surface area contributed by atoms with Gasteiger partial charge in [0.05, 0.1) is 0 Å². The van der Waals surface area contributed by atoms with Crippen LogP contribution in [-0.2, 0) is 27.2 Å². The van der Waals surface area contributed by atoms with Crippen molar-refractivity contribution in [2.24, 2.45) is 0 Å². The van der Waals surface area contributed by atoms with Gasteiger partial charge in [-0.1, -0.05) is 42.5 Å².